The highest BCUT2D eigenvalue weighted by atomic mass is 35.5. The number of Topliss-reactive ketones (excluding diaryl/α,β-unsaturated/α-hetero) is 1. The number of nitrogens with zero attached hydrogens (tertiary/aromatic N) is 2. The Hall–Kier alpha value is -2.64. The number of benzene rings is 1. The van der Waals surface area contributed by atoms with Crippen LogP contribution in [0.4, 0.5) is 17.6 Å². The van der Waals surface area contributed by atoms with Crippen LogP contribution in [-0.4, -0.2) is 43.5 Å². The maximum atomic E-state index is 14.9. The maximum absolute atomic E-state index is 14.9. The molecule has 0 aliphatic heterocycles. The van der Waals surface area contributed by atoms with Gasteiger partial charge in [0.2, 0.25) is 0 Å². The number of aliphatic carboxylic acids is 1. The molecule has 2 rings (SSSR count). The summed E-state index contributed by atoms with van der Waals surface area (Å²) in [6.07, 6.45) is -5.08. The summed E-state index contributed by atoms with van der Waals surface area (Å²) in [5, 5.41) is 8.16. The number of ketones is 1. The second-order valence-corrected chi connectivity index (χ2v) is 9.82. The molecule has 37 heavy (non-hydrogen) atoms. The Bertz CT molecular complexity index is 1320. The van der Waals surface area contributed by atoms with Gasteiger partial charge in [0, 0.05) is 31.0 Å². The van der Waals surface area contributed by atoms with Crippen molar-refractivity contribution in [3.8, 4) is 5.69 Å². The lowest BCUT2D eigenvalue weighted by Gasteiger charge is -2.40. The van der Waals surface area contributed by atoms with E-state index in [1.54, 1.807) is 20.8 Å². The molecule has 0 saturated heterocycles. The average molecular weight is 569 g/mol. The molecule has 14 heteroatoms. The fourth-order valence-electron chi connectivity index (χ4n) is 3.96. The van der Waals surface area contributed by atoms with Crippen molar-refractivity contribution in [2.75, 3.05) is 6.61 Å². The van der Waals surface area contributed by atoms with Gasteiger partial charge in [0.05, 0.1) is 10.7 Å². The Morgan fingerprint density at radius 3 is 2.22 bits per heavy atom. The predicted octanol–water partition coefficient (Wildman–Crippen LogP) is 4.30. The van der Waals surface area contributed by atoms with E-state index in [0.717, 1.165) is 13.1 Å². The highest BCUT2D eigenvalue weighted by molar-refractivity contribution is 8.00. The van der Waals surface area contributed by atoms with Gasteiger partial charge < -0.3 is 9.84 Å². The lowest BCUT2D eigenvalue weighted by molar-refractivity contribution is -0.161. The second kappa shape index (κ2) is 11.4. The third kappa shape index (κ3) is 5.78. The van der Waals surface area contributed by atoms with Crippen LogP contribution in [0.25, 0.3) is 5.69 Å². The largest absolute Gasteiger partial charge is 0.480 e. The quantitative estimate of drug-likeness (QED) is 0.336. The second-order valence-electron chi connectivity index (χ2n) is 8.27. The minimum Gasteiger partial charge on any atom is -0.480 e. The number of hydrogen-bond acceptors (Lipinski definition) is 6. The number of rotatable bonds is 10. The van der Waals surface area contributed by atoms with Crippen molar-refractivity contribution in [2.24, 2.45) is 13.0 Å². The van der Waals surface area contributed by atoms with Crippen LogP contribution in [-0.2, 0) is 27.5 Å². The molecular formula is C23H25ClF4N2O6S. The van der Waals surface area contributed by atoms with Gasteiger partial charge in [-0.1, -0.05) is 32.4 Å². The van der Waals surface area contributed by atoms with Crippen LogP contribution in [0.15, 0.2) is 32.7 Å². The number of aromatic nitrogens is 2. The van der Waals surface area contributed by atoms with Gasteiger partial charge in [-0.2, -0.15) is 13.2 Å². The van der Waals surface area contributed by atoms with Crippen molar-refractivity contribution in [1.29, 1.82) is 0 Å². The molecule has 1 heterocycles. The predicted molar refractivity (Wildman–Crippen MR) is 129 cm³/mol. The third-order valence-electron chi connectivity index (χ3n) is 5.71. The molecule has 2 unspecified atom stereocenters. The lowest BCUT2D eigenvalue weighted by Crippen LogP contribution is -2.57. The molecule has 0 radical (unpaired) electrons. The number of carboxylic acid groups (broad SMARTS) is 1. The number of halogens is 5. The molecule has 8 nitrogen and oxygen atoms in total. The van der Waals surface area contributed by atoms with Gasteiger partial charge in [0.1, 0.15) is 16.8 Å². The summed E-state index contributed by atoms with van der Waals surface area (Å²) in [5.74, 6) is -3.80. The van der Waals surface area contributed by atoms with Crippen LogP contribution in [0.5, 0.6) is 0 Å². The Kier molecular flexibility index (Phi) is 9.42. The number of hydrogen-bond donors (Lipinski definition) is 1. The molecule has 0 spiro atoms. The topological polar surface area (TPSA) is 108 Å². The summed E-state index contributed by atoms with van der Waals surface area (Å²) < 4.78 is 60.5. The summed E-state index contributed by atoms with van der Waals surface area (Å²) in [6.45, 7) is 6.32. The third-order valence-corrected chi connectivity index (χ3v) is 7.51. The molecule has 0 amide bonds. The van der Waals surface area contributed by atoms with Crippen LogP contribution in [0.1, 0.15) is 39.8 Å². The smallest absolute Gasteiger partial charge is 0.431 e. The van der Waals surface area contributed by atoms with Gasteiger partial charge in [-0.3, -0.25) is 19.0 Å². The first kappa shape index (κ1) is 30.6. The average Bonchev–Trinajstić information content (AvgIpc) is 2.79. The van der Waals surface area contributed by atoms with E-state index >= 15 is 0 Å². The SMILES string of the molecule is CCOC(C(=O)CC)(C(C)C)C(Sc1cc(-n2c(=O)cc(C(F)(F)F)n(C)c2=O)c(F)cc1Cl)C(=O)O. The first-order valence-electron chi connectivity index (χ1n) is 11.0. The molecule has 2 aromatic rings. The van der Waals surface area contributed by atoms with Gasteiger partial charge in [-0.05, 0) is 25.0 Å². The van der Waals surface area contributed by atoms with E-state index in [1.165, 1.54) is 6.92 Å². The Labute approximate surface area is 218 Å². The number of alkyl halides is 3. The first-order chi connectivity index (χ1) is 17.0. The normalized spacial score (nSPS) is 14.5. The van der Waals surface area contributed by atoms with Gasteiger partial charge in [0.25, 0.3) is 5.56 Å². The number of thioether (sulfide) groups is 1. The molecule has 0 aliphatic rings. The van der Waals surface area contributed by atoms with Crippen LogP contribution in [0.2, 0.25) is 5.02 Å². The molecule has 1 aromatic carbocycles. The standard InChI is InChI=1S/C23H25ClF4N2O6S/c1-6-17(31)22(11(3)4,36-7-2)19(20(33)34)37-15-9-14(13(25)8-12(15)24)30-18(32)10-16(23(26,27)28)29(5)21(30)35/h8-11,19H,6-7H2,1-5H3,(H,33,34). The van der Waals surface area contributed by atoms with Gasteiger partial charge in [-0.25, -0.2) is 13.8 Å². The van der Waals surface area contributed by atoms with E-state index in [1.807, 2.05) is 0 Å². The minimum atomic E-state index is -5.02. The summed E-state index contributed by atoms with van der Waals surface area (Å²) >= 11 is 6.69. The molecular weight excluding hydrogens is 544 g/mol. The maximum Gasteiger partial charge on any atom is 0.431 e. The zero-order chi connectivity index (χ0) is 28.5. The number of carbonyl (C=O) groups excluding carboxylic acids is 1. The number of carboxylic acids is 1. The zero-order valence-corrected chi connectivity index (χ0v) is 22.1. The molecule has 1 N–H and O–H groups in total. The van der Waals surface area contributed by atoms with Crippen molar-refractivity contribution in [2.45, 2.75) is 56.0 Å². The summed E-state index contributed by atoms with van der Waals surface area (Å²) in [5.41, 5.74) is -7.05. The van der Waals surface area contributed by atoms with E-state index in [-0.39, 0.29) is 38.1 Å². The minimum absolute atomic E-state index is 0.00630. The highest BCUT2D eigenvalue weighted by Crippen LogP contribution is 2.42. The zero-order valence-electron chi connectivity index (χ0n) is 20.5. The van der Waals surface area contributed by atoms with Crippen LogP contribution in [0, 0.1) is 11.7 Å². The Morgan fingerprint density at radius 2 is 1.76 bits per heavy atom. The summed E-state index contributed by atoms with van der Waals surface area (Å²) in [7, 11) is 0.764. The number of carbonyl (C=O) groups is 2. The van der Waals surface area contributed by atoms with E-state index in [4.69, 9.17) is 16.3 Å². The van der Waals surface area contributed by atoms with Crippen molar-refractivity contribution < 1.29 is 37.0 Å². The summed E-state index contributed by atoms with van der Waals surface area (Å²) in [4.78, 5) is 50.4. The number of ether oxygens (including phenoxy) is 1. The van der Waals surface area contributed by atoms with Crippen LogP contribution < -0.4 is 11.2 Å². The van der Waals surface area contributed by atoms with Crippen molar-refractivity contribution in [1.82, 2.24) is 9.13 Å². The van der Waals surface area contributed by atoms with Crippen molar-refractivity contribution in [3.63, 3.8) is 0 Å². The van der Waals surface area contributed by atoms with Crippen LogP contribution in [0.3, 0.4) is 0 Å². The van der Waals surface area contributed by atoms with Crippen molar-refractivity contribution >= 4 is 35.1 Å². The summed E-state index contributed by atoms with van der Waals surface area (Å²) in [6, 6.07) is 1.71. The van der Waals surface area contributed by atoms with Gasteiger partial charge >= 0.3 is 17.8 Å². The van der Waals surface area contributed by atoms with Crippen molar-refractivity contribution in [3.05, 3.63) is 55.6 Å². The Balaban J connectivity index is 2.80. The van der Waals surface area contributed by atoms with Gasteiger partial charge in [0.15, 0.2) is 11.4 Å². The molecule has 0 aliphatic carbocycles. The fourth-order valence-corrected chi connectivity index (χ4v) is 5.59. The van der Waals surface area contributed by atoms with E-state index in [0.29, 0.717) is 17.8 Å². The molecule has 0 fully saturated rings. The van der Waals surface area contributed by atoms with Crippen LogP contribution >= 0.6 is 23.4 Å². The molecule has 204 valence electrons. The molecule has 2 atom stereocenters. The lowest BCUT2D eigenvalue weighted by atomic mass is 9.81. The van der Waals surface area contributed by atoms with E-state index in [2.05, 4.69) is 0 Å². The fraction of sp³-hybridized carbons (Fsp3) is 0.478. The molecule has 0 bridgehead atoms. The van der Waals surface area contributed by atoms with E-state index < -0.39 is 63.1 Å². The first-order valence-corrected chi connectivity index (χ1v) is 12.3. The molecule has 1 aromatic heterocycles. The van der Waals surface area contributed by atoms with Gasteiger partial charge in [-0.15, -0.1) is 11.8 Å². The Morgan fingerprint density at radius 1 is 1.16 bits per heavy atom. The highest BCUT2D eigenvalue weighted by Gasteiger charge is 2.52. The monoisotopic (exact) mass is 568 g/mol. The molecule has 0 saturated carbocycles. The van der Waals surface area contributed by atoms with E-state index in [9.17, 15) is 41.8 Å².